The van der Waals surface area contributed by atoms with E-state index in [1.54, 1.807) is 29.2 Å². The van der Waals surface area contributed by atoms with Crippen molar-refractivity contribution in [3.05, 3.63) is 54.0 Å². The Balaban J connectivity index is 2.11. The quantitative estimate of drug-likeness (QED) is 0.492. The molecular weight excluding hydrogens is 388 g/mol. The Morgan fingerprint density at radius 2 is 1.86 bits per heavy atom. The van der Waals surface area contributed by atoms with Crippen LogP contribution in [0.15, 0.2) is 48.4 Å². The lowest BCUT2D eigenvalue weighted by molar-refractivity contribution is -0.143. The molecule has 0 aromatic heterocycles. The monoisotopic (exact) mass is 418 g/mol. The molecule has 6 nitrogen and oxygen atoms in total. The molecule has 1 fully saturated rings. The first-order valence-electron chi connectivity index (χ1n) is 10.1. The number of nitrogens with zero attached hydrogens (tertiary/aromatic N) is 1. The maximum Gasteiger partial charge on any atom is 0.257 e. The Labute approximate surface area is 173 Å². The van der Waals surface area contributed by atoms with Crippen molar-refractivity contribution < 1.29 is 18.0 Å². The fraction of sp³-hybridized carbons (Fsp3) is 0.455. The molecule has 1 aromatic rings. The van der Waals surface area contributed by atoms with E-state index in [1.807, 2.05) is 17.7 Å². The van der Waals surface area contributed by atoms with Crippen molar-refractivity contribution in [1.29, 1.82) is 0 Å². The summed E-state index contributed by atoms with van der Waals surface area (Å²) in [4.78, 5) is 27.5. The summed E-state index contributed by atoms with van der Waals surface area (Å²) in [5.74, 6) is -2.25. The van der Waals surface area contributed by atoms with Crippen molar-refractivity contribution in [2.75, 3.05) is 6.54 Å². The van der Waals surface area contributed by atoms with E-state index in [0.29, 0.717) is 12.1 Å². The van der Waals surface area contributed by atoms with Gasteiger partial charge in [0, 0.05) is 12.6 Å². The van der Waals surface area contributed by atoms with Gasteiger partial charge in [0.2, 0.25) is 11.8 Å². The average Bonchev–Trinajstić information content (AvgIpc) is 2.72. The molecule has 2 amide bonds. The normalized spacial score (nSPS) is 16.3. The Morgan fingerprint density at radius 1 is 1.21 bits per heavy atom. The molecule has 0 saturated heterocycles. The van der Waals surface area contributed by atoms with Crippen LogP contribution in [0.3, 0.4) is 0 Å². The summed E-state index contributed by atoms with van der Waals surface area (Å²) in [5, 5.41) is 0.939. The predicted molar refractivity (Wildman–Crippen MR) is 115 cm³/mol. The van der Waals surface area contributed by atoms with Gasteiger partial charge in [-0.1, -0.05) is 55.7 Å². The van der Waals surface area contributed by atoms with Gasteiger partial charge in [0.25, 0.3) is 10.0 Å². The van der Waals surface area contributed by atoms with E-state index in [4.69, 9.17) is 0 Å². The van der Waals surface area contributed by atoms with Crippen LogP contribution in [-0.4, -0.2) is 37.7 Å². The number of carbonyl (C=O) groups excluding carboxylic acids is 2. The summed E-state index contributed by atoms with van der Waals surface area (Å²) in [7, 11) is -4.02. The highest BCUT2D eigenvalue weighted by Gasteiger charge is 2.34. The largest absolute Gasteiger partial charge is 0.339 e. The summed E-state index contributed by atoms with van der Waals surface area (Å²) < 4.78 is 26.7. The fourth-order valence-electron chi connectivity index (χ4n) is 3.65. The van der Waals surface area contributed by atoms with Gasteiger partial charge < -0.3 is 4.90 Å². The molecule has 0 bridgehead atoms. The number of rotatable bonds is 9. The molecule has 2 rings (SSSR count). The summed E-state index contributed by atoms with van der Waals surface area (Å²) in [5.41, 5.74) is 0.693. The van der Waals surface area contributed by atoms with Crippen LogP contribution in [0, 0.1) is 5.92 Å². The van der Waals surface area contributed by atoms with Gasteiger partial charge in [-0.15, -0.1) is 6.58 Å². The highest BCUT2D eigenvalue weighted by Crippen LogP contribution is 2.24. The molecule has 1 aliphatic rings. The summed E-state index contributed by atoms with van der Waals surface area (Å²) >= 11 is 0. The predicted octanol–water partition coefficient (Wildman–Crippen LogP) is 3.48. The third-order valence-corrected chi connectivity index (χ3v) is 6.12. The van der Waals surface area contributed by atoms with Crippen molar-refractivity contribution in [3.8, 4) is 0 Å². The molecule has 158 valence electrons. The minimum atomic E-state index is -4.02. The second-order valence-electron chi connectivity index (χ2n) is 7.22. The van der Waals surface area contributed by atoms with Gasteiger partial charge in [0.05, 0.1) is 5.41 Å². The first-order valence-corrected chi connectivity index (χ1v) is 11.6. The number of hydrogen-bond acceptors (Lipinski definition) is 4. The highest BCUT2D eigenvalue weighted by molar-refractivity contribution is 7.93. The number of hydrogen-bond donors (Lipinski definition) is 1. The SMILES string of the molecule is C=CCC(C(=O)NS(=O)(=O)/C=C/c1ccccc1)C(=O)N(CC)C1CCCCC1. The van der Waals surface area contributed by atoms with E-state index in [1.165, 1.54) is 12.2 Å². The van der Waals surface area contributed by atoms with Crippen molar-refractivity contribution >= 4 is 27.9 Å². The zero-order valence-electron chi connectivity index (χ0n) is 16.9. The second kappa shape index (κ2) is 11.0. The van der Waals surface area contributed by atoms with Crippen LogP contribution in [0.1, 0.15) is 51.0 Å². The van der Waals surface area contributed by atoms with Gasteiger partial charge in [0.15, 0.2) is 0 Å². The first kappa shape index (κ1) is 22.9. The van der Waals surface area contributed by atoms with Gasteiger partial charge in [-0.05, 0) is 37.8 Å². The third-order valence-electron chi connectivity index (χ3n) is 5.14. The number of amides is 2. The van der Waals surface area contributed by atoms with Crippen molar-refractivity contribution in [1.82, 2.24) is 9.62 Å². The van der Waals surface area contributed by atoms with Crippen LogP contribution >= 0.6 is 0 Å². The molecule has 7 heteroatoms. The van der Waals surface area contributed by atoms with Gasteiger partial charge in [-0.25, -0.2) is 13.1 Å². The minimum absolute atomic E-state index is 0.0891. The Kier molecular flexibility index (Phi) is 8.64. The minimum Gasteiger partial charge on any atom is -0.339 e. The van der Waals surface area contributed by atoms with Crippen molar-refractivity contribution in [3.63, 3.8) is 0 Å². The molecule has 1 aromatic carbocycles. The zero-order valence-corrected chi connectivity index (χ0v) is 17.7. The van der Waals surface area contributed by atoms with Gasteiger partial charge in [-0.3, -0.25) is 9.59 Å². The van der Waals surface area contributed by atoms with Crippen LogP contribution in [-0.2, 0) is 19.6 Å². The van der Waals surface area contributed by atoms with E-state index >= 15 is 0 Å². The lowest BCUT2D eigenvalue weighted by Gasteiger charge is -2.35. The standard InChI is InChI=1S/C22H30N2O4S/c1-3-11-20(22(26)24(4-2)19-14-9-6-10-15-19)21(25)23-29(27,28)17-16-18-12-7-5-8-13-18/h3,5,7-8,12-13,16-17,19-20H,1,4,6,9-11,14-15H2,2H3,(H,23,25)/b17-16+. The van der Waals surface area contributed by atoms with Crippen molar-refractivity contribution in [2.45, 2.75) is 51.5 Å². The summed E-state index contributed by atoms with van der Waals surface area (Å²) in [6.07, 6.45) is 8.08. The third kappa shape index (κ3) is 6.85. The molecule has 0 radical (unpaired) electrons. The zero-order chi connectivity index (χ0) is 21.3. The van der Waals surface area contributed by atoms with Crippen molar-refractivity contribution in [2.24, 2.45) is 5.92 Å². The van der Waals surface area contributed by atoms with Crippen LogP contribution in [0.5, 0.6) is 0 Å². The van der Waals surface area contributed by atoms with E-state index in [9.17, 15) is 18.0 Å². The molecule has 1 saturated carbocycles. The molecule has 1 atom stereocenters. The van der Waals surface area contributed by atoms with Crippen LogP contribution in [0.25, 0.3) is 6.08 Å². The lowest BCUT2D eigenvalue weighted by atomic mass is 9.92. The van der Waals surface area contributed by atoms with Crippen LogP contribution < -0.4 is 4.72 Å². The second-order valence-corrected chi connectivity index (χ2v) is 8.78. The van der Waals surface area contributed by atoms with E-state index in [0.717, 1.165) is 37.5 Å². The maximum absolute atomic E-state index is 13.1. The van der Waals surface area contributed by atoms with Gasteiger partial charge >= 0.3 is 0 Å². The lowest BCUT2D eigenvalue weighted by Crippen LogP contribution is -2.49. The molecule has 0 heterocycles. The first-order chi connectivity index (χ1) is 13.9. The Hall–Kier alpha value is -2.41. The number of nitrogens with one attached hydrogen (secondary N) is 1. The molecule has 29 heavy (non-hydrogen) atoms. The molecule has 0 aliphatic heterocycles. The number of carbonyl (C=O) groups is 2. The topological polar surface area (TPSA) is 83.5 Å². The number of benzene rings is 1. The fourth-order valence-corrected chi connectivity index (χ4v) is 4.48. The van der Waals surface area contributed by atoms with Gasteiger partial charge in [-0.2, -0.15) is 0 Å². The molecule has 1 aliphatic carbocycles. The number of allylic oxidation sites excluding steroid dienone is 1. The molecule has 0 spiro atoms. The molecule has 1 unspecified atom stereocenters. The number of sulfonamides is 1. The average molecular weight is 419 g/mol. The molecular formula is C22H30N2O4S. The Morgan fingerprint density at radius 3 is 2.45 bits per heavy atom. The van der Waals surface area contributed by atoms with Crippen LogP contribution in [0.4, 0.5) is 0 Å². The molecule has 1 N–H and O–H groups in total. The van der Waals surface area contributed by atoms with E-state index in [2.05, 4.69) is 6.58 Å². The highest BCUT2D eigenvalue weighted by atomic mass is 32.2. The summed E-state index contributed by atoms with van der Waals surface area (Å²) in [6.45, 7) is 6.00. The smallest absolute Gasteiger partial charge is 0.257 e. The van der Waals surface area contributed by atoms with Crippen LogP contribution in [0.2, 0.25) is 0 Å². The van der Waals surface area contributed by atoms with E-state index in [-0.39, 0.29) is 18.4 Å². The Bertz CT molecular complexity index is 828. The van der Waals surface area contributed by atoms with Gasteiger partial charge in [0.1, 0.15) is 5.92 Å². The summed E-state index contributed by atoms with van der Waals surface area (Å²) in [6, 6.07) is 9.01. The van der Waals surface area contributed by atoms with E-state index < -0.39 is 21.8 Å². The maximum atomic E-state index is 13.1.